The highest BCUT2D eigenvalue weighted by molar-refractivity contribution is 5.82. The Balaban J connectivity index is 2.65. The predicted molar refractivity (Wildman–Crippen MR) is 50.0 cm³/mol. The number of alkyl halides is 3. The lowest BCUT2D eigenvalue weighted by Crippen LogP contribution is -2.57. The summed E-state index contributed by atoms with van der Waals surface area (Å²) in [5.41, 5.74) is 0. The summed E-state index contributed by atoms with van der Waals surface area (Å²) < 4.78 is 46.1. The third-order valence-corrected chi connectivity index (χ3v) is 2.54. The van der Waals surface area contributed by atoms with Crippen molar-refractivity contribution in [2.75, 3.05) is 7.11 Å². The zero-order valence-corrected chi connectivity index (χ0v) is 9.32. The van der Waals surface area contributed by atoms with Gasteiger partial charge in [0.2, 0.25) is 0 Å². The largest absolute Gasteiger partial charge is 0.471 e. The van der Waals surface area contributed by atoms with Crippen molar-refractivity contribution < 1.29 is 32.5 Å². The molecular formula is C9H14F3NO4. The zero-order valence-electron chi connectivity index (χ0n) is 9.32. The van der Waals surface area contributed by atoms with Crippen LogP contribution >= 0.6 is 0 Å². The zero-order chi connectivity index (χ0) is 13.2. The number of amides is 1. The van der Waals surface area contributed by atoms with Crippen molar-refractivity contribution in [2.45, 2.75) is 44.1 Å². The van der Waals surface area contributed by atoms with Gasteiger partial charge >= 0.3 is 12.1 Å². The molecule has 0 radical (unpaired) electrons. The molecule has 2 N–H and O–H groups in total. The van der Waals surface area contributed by atoms with Crippen LogP contribution in [0, 0.1) is 0 Å². The van der Waals surface area contributed by atoms with Crippen LogP contribution in [0.2, 0.25) is 0 Å². The van der Waals surface area contributed by atoms with Crippen molar-refractivity contribution in [3.05, 3.63) is 0 Å². The van der Waals surface area contributed by atoms with Crippen molar-refractivity contribution in [2.24, 2.45) is 0 Å². The van der Waals surface area contributed by atoms with Gasteiger partial charge in [-0.1, -0.05) is 0 Å². The summed E-state index contributed by atoms with van der Waals surface area (Å²) in [5.74, 6) is -2.08. The molecule has 1 aliphatic heterocycles. The molecule has 1 amide bonds. The SMILES string of the molecule is CO[C@H]1C[C@@H](NC(=O)C(F)(F)F)[C@H](O)[C@H](C)O1. The molecule has 0 aromatic rings. The number of rotatable bonds is 2. The summed E-state index contributed by atoms with van der Waals surface area (Å²) in [6, 6.07) is -1.04. The molecule has 1 rings (SSSR count). The average molecular weight is 257 g/mol. The Hall–Kier alpha value is -0.860. The molecule has 1 saturated heterocycles. The molecule has 0 aliphatic carbocycles. The number of ether oxygens (including phenoxy) is 2. The van der Waals surface area contributed by atoms with Crippen LogP contribution in [0.15, 0.2) is 0 Å². The first-order chi connectivity index (χ1) is 7.75. The highest BCUT2D eigenvalue weighted by Gasteiger charge is 2.43. The van der Waals surface area contributed by atoms with Gasteiger partial charge in [0.1, 0.15) is 6.10 Å². The standard InChI is InChI=1S/C9H14F3NO4/c1-4-7(14)5(3-6(16-2)17-4)13-8(15)9(10,11)12/h4-7,14H,3H2,1-2H3,(H,13,15)/t4-,5+,6+,7+/m0/s1. The fourth-order valence-corrected chi connectivity index (χ4v) is 1.60. The van der Waals surface area contributed by atoms with Crippen LogP contribution in [0.1, 0.15) is 13.3 Å². The van der Waals surface area contributed by atoms with Gasteiger partial charge in [-0.15, -0.1) is 0 Å². The van der Waals surface area contributed by atoms with E-state index in [4.69, 9.17) is 9.47 Å². The molecule has 0 saturated carbocycles. The van der Waals surface area contributed by atoms with E-state index >= 15 is 0 Å². The molecule has 0 aromatic carbocycles. The van der Waals surface area contributed by atoms with Gasteiger partial charge in [-0.2, -0.15) is 13.2 Å². The number of carbonyl (C=O) groups is 1. The second-order valence-corrected chi connectivity index (χ2v) is 3.81. The number of halogens is 3. The minimum absolute atomic E-state index is 0.0379. The summed E-state index contributed by atoms with van der Waals surface area (Å²) in [5, 5.41) is 11.3. The van der Waals surface area contributed by atoms with E-state index in [-0.39, 0.29) is 6.42 Å². The maximum atomic E-state index is 12.1. The molecule has 1 heterocycles. The van der Waals surface area contributed by atoms with Crippen LogP contribution in [-0.2, 0) is 14.3 Å². The number of hydrogen-bond acceptors (Lipinski definition) is 4. The third kappa shape index (κ3) is 3.55. The third-order valence-electron chi connectivity index (χ3n) is 2.54. The molecule has 0 spiro atoms. The molecule has 1 fully saturated rings. The van der Waals surface area contributed by atoms with Crippen molar-refractivity contribution in [3.8, 4) is 0 Å². The van der Waals surface area contributed by atoms with Crippen molar-refractivity contribution in [3.63, 3.8) is 0 Å². The van der Waals surface area contributed by atoms with Crippen LogP contribution < -0.4 is 5.32 Å². The van der Waals surface area contributed by atoms with Crippen LogP contribution in [0.3, 0.4) is 0 Å². The smallest absolute Gasteiger partial charge is 0.388 e. The van der Waals surface area contributed by atoms with E-state index in [2.05, 4.69) is 0 Å². The van der Waals surface area contributed by atoms with Gasteiger partial charge in [-0.05, 0) is 6.92 Å². The molecule has 0 bridgehead atoms. The van der Waals surface area contributed by atoms with Gasteiger partial charge in [0.25, 0.3) is 0 Å². The molecule has 0 unspecified atom stereocenters. The Morgan fingerprint density at radius 2 is 2.12 bits per heavy atom. The molecule has 17 heavy (non-hydrogen) atoms. The topological polar surface area (TPSA) is 67.8 Å². The molecule has 1 aliphatic rings. The minimum atomic E-state index is -4.97. The Morgan fingerprint density at radius 3 is 2.59 bits per heavy atom. The summed E-state index contributed by atoms with van der Waals surface area (Å²) in [6.07, 6.45) is -7.67. The lowest BCUT2D eigenvalue weighted by molar-refractivity contribution is -0.218. The highest BCUT2D eigenvalue weighted by Crippen LogP contribution is 2.22. The number of carbonyl (C=O) groups excluding carboxylic acids is 1. The number of aliphatic hydroxyl groups is 1. The molecule has 100 valence electrons. The van der Waals surface area contributed by atoms with Crippen LogP contribution in [0.25, 0.3) is 0 Å². The second kappa shape index (κ2) is 5.19. The Bertz CT molecular complexity index is 284. The monoisotopic (exact) mass is 257 g/mol. The number of nitrogens with one attached hydrogen (secondary N) is 1. The van der Waals surface area contributed by atoms with Crippen molar-refractivity contribution in [1.29, 1.82) is 0 Å². The number of aliphatic hydroxyl groups excluding tert-OH is 1. The maximum absolute atomic E-state index is 12.1. The highest BCUT2D eigenvalue weighted by atomic mass is 19.4. The number of hydrogen-bond donors (Lipinski definition) is 2. The van der Waals surface area contributed by atoms with E-state index in [1.54, 1.807) is 5.32 Å². The van der Waals surface area contributed by atoms with E-state index in [0.29, 0.717) is 0 Å². The van der Waals surface area contributed by atoms with E-state index in [9.17, 15) is 23.1 Å². The van der Waals surface area contributed by atoms with Crippen molar-refractivity contribution in [1.82, 2.24) is 5.32 Å². The van der Waals surface area contributed by atoms with Gasteiger partial charge in [-0.3, -0.25) is 4.79 Å². The van der Waals surface area contributed by atoms with Gasteiger partial charge in [0, 0.05) is 13.5 Å². The van der Waals surface area contributed by atoms with Crippen LogP contribution in [0.5, 0.6) is 0 Å². The minimum Gasteiger partial charge on any atom is -0.388 e. The molecule has 4 atom stereocenters. The first kappa shape index (κ1) is 14.2. The molecular weight excluding hydrogens is 243 g/mol. The second-order valence-electron chi connectivity index (χ2n) is 3.81. The summed E-state index contributed by atoms with van der Waals surface area (Å²) in [4.78, 5) is 10.8. The lowest BCUT2D eigenvalue weighted by Gasteiger charge is -2.37. The fraction of sp³-hybridized carbons (Fsp3) is 0.889. The van der Waals surface area contributed by atoms with Crippen molar-refractivity contribution >= 4 is 5.91 Å². The summed E-state index contributed by atoms with van der Waals surface area (Å²) in [7, 11) is 1.33. The average Bonchev–Trinajstić information content (AvgIpc) is 2.22. The molecule has 5 nitrogen and oxygen atoms in total. The summed E-state index contributed by atoms with van der Waals surface area (Å²) >= 11 is 0. The molecule has 0 aromatic heterocycles. The summed E-state index contributed by atoms with van der Waals surface area (Å²) in [6.45, 7) is 1.49. The first-order valence-electron chi connectivity index (χ1n) is 4.99. The Kier molecular flexibility index (Phi) is 4.34. The number of methoxy groups -OCH3 is 1. The lowest BCUT2D eigenvalue weighted by atomic mass is 9.99. The maximum Gasteiger partial charge on any atom is 0.471 e. The van der Waals surface area contributed by atoms with Gasteiger partial charge in [-0.25, -0.2) is 0 Å². The first-order valence-corrected chi connectivity index (χ1v) is 4.99. The van der Waals surface area contributed by atoms with Gasteiger partial charge < -0.3 is 19.9 Å². The quantitative estimate of drug-likeness (QED) is 0.740. The van der Waals surface area contributed by atoms with E-state index in [1.165, 1.54) is 14.0 Å². The Labute approximate surface area is 95.9 Å². The van der Waals surface area contributed by atoms with E-state index in [0.717, 1.165) is 0 Å². The van der Waals surface area contributed by atoms with E-state index < -0.39 is 36.6 Å². The van der Waals surface area contributed by atoms with Gasteiger partial charge in [0.15, 0.2) is 6.29 Å². The fourth-order valence-electron chi connectivity index (χ4n) is 1.60. The Morgan fingerprint density at radius 1 is 1.53 bits per heavy atom. The van der Waals surface area contributed by atoms with Crippen LogP contribution in [-0.4, -0.2) is 48.8 Å². The predicted octanol–water partition coefficient (Wildman–Crippen LogP) is 0.176. The molecule has 8 heteroatoms. The van der Waals surface area contributed by atoms with E-state index in [1.807, 2.05) is 0 Å². The van der Waals surface area contributed by atoms with Gasteiger partial charge in [0.05, 0.1) is 12.1 Å². The normalized spacial score (nSPS) is 34.5. The van der Waals surface area contributed by atoms with Crippen LogP contribution in [0.4, 0.5) is 13.2 Å².